The van der Waals surface area contributed by atoms with Crippen LogP contribution >= 0.6 is 15.9 Å². The molecule has 1 heterocycles. The van der Waals surface area contributed by atoms with E-state index < -0.39 is 0 Å². The Balaban J connectivity index is 1.82. The molecular formula is C13H16BrN3O2. The normalized spacial score (nSPS) is 10.7. The summed E-state index contributed by atoms with van der Waals surface area (Å²) < 4.78 is 11.3. The number of nitrogens with one attached hydrogen (secondary N) is 1. The molecule has 0 bridgehead atoms. The molecule has 0 amide bonds. The molecule has 6 heteroatoms. The van der Waals surface area contributed by atoms with Crippen LogP contribution in [0.15, 0.2) is 27.2 Å². The Labute approximate surface area is 120 Å². The average molecular weight is 326 g/mol. The van der Waals surface area contributed by atoms with Crippen LogP contribution in [0.25, 0.3) is 0 Å². The third kappa shape index (κ3) is 4.04. The van der Waals surface area contributed by atoms with Gasteiger partial charge in [-0.05, 0) is 30.7 Å². The monoisotopic (exact) mass is 325 g/mol. The van der Waals surface area contributed by atoms with Crippen molar-refractivity contribution in [2.75, 3.05) is 13.7 Å². The molecule has 1 aromatic carbocycles. The first-order valence-electron chi connectivity index (χ1n) is 6.01. The van der Waals surface area contributed by atoms with Gasteiger partial charge in [-0.15, -0.1) is 0 Å². The molecule has 19 heavy (non-hydrogen) atoms. The topological polar surface area (TPSA) is 60.2 Å². The summed E-state index contributed by atoms with van der Waals surface area (Å²) in [5.41, 5.74) is 1.15. The Morgan fingerprint density at radius 1 is 1.42 bits per heavy atom. The number of halogens is 1. The maximum Gasteiger partial charge on any atom is 0.227 e. The molecule has 0 atom stereocenters. The second kappa shape index (κ2) is 6.68. The second-order valence-electron chi connectivity index (χ2n) is 4.12. The summed E-state index contributed by atoms with van der Waals surface area (Å²) in [6.07, 6.45) is 0.725. The third-order valence-corrected chi connectivity index (χ3v) is 3.43. The number of hydrogen-bond donors (Lipinski definition) is 1. The van der Waals surface area contributed by atoms with Gasteiger partial charge in [0.05, 0.1) is 7.11 Å². The van der Waals surface area contributed by atoms with Crippen molar-refractivity contribution in [2.45, 2.75) is 19.9 Å². The summed E-state index contributed by atoms with van der Waals surface area (Å²) in [6, 6.07) is 5.92. The zero-order valence-electron chi connectivity index (χ0n) is 10.9. The molecule has 2 rings (SSSR count). The van der Waals surface area contributed by atoms with Gasteiger partial charge in [-0.25, -0.2) is 0 Å². The molecule has 0 unspecified atom stereocenters. The zero-order valence-corrected chi connectivity index (χ0v) is 12.5. The third-order valence-electron chi connectivity index (χ3n) is 2.65. The van der Waals surface area contributed by atoms with E-state index in [1.807, 2.05) is 25.1 Å². The number of ether oxygens (including phenoxy) is 1. The van der Waals surface area contributed by atoms with Crippen LogP contribution in [-0.4, -0.2) is 23.8 Å². The Bertz CT molecular complexity index is 542. The first-order chi connectivity index (χ1) is 9.19. The van der Waals surface area contributed by atoms with Gasteiger partial charge in [0.25, 0.3) is 0 Å². The maximum absolute atomic E-state index is 5.21. The van der Waals surface area contributed by atoms with E-state index in [4.69, 9.17) is 9.26 Å². The summed E-state index contributed by atoms with van der Waals surface area (Å²) in [7, 11) is 1.67. The fourth-order valence-corrected chi connectivity index (χ4v) is 2.06. The molecule has 1 N–H and O–H groups in total. The highest BCUT2D eigenvalue weighted by molar-refractivity contribution is 9.10. The lowest BCUT2D eigenvalue weighted by atomic mass is 10.2. The van der Waals surface area contributed by atoms with Crippen LogP contribution in [0, 0.1) is 6.92 Å². The van der Waals surface area contributed by atoms with E-state index in [1.54, 1.807) is 7.11 Å². The molecule has 0 spiro atoms. The van der Waals surface area contributed by atoms with E-state index >= 15 is 0 Å². The molecule has 0 aliphatic carbocycles. The van der Waals surface area contributed by atoms with E-state index in [9.17, 15) is 0 Å². The first kappa shape index (κ1) is 14.0. The fraction of sp³-hybridized carbons (Fsp3) is 0.385. The molecule has 0 saturated carbocycles. The van der Waals surface area contributed by atoms with E-state index in [0.29, 0.717) is 11.7 Å². The van der Waals surface area contributed by atoms with Crippen LogP contribution in [0.2, 0.25) is 0 Å². The number of aryl methyl sites for hydroxylation is 1. The molecule has 0 saturated heterocycles. The average Bonchev–Trinajstić information content (AvgIpc) is 2.82. The molecule has 0 aliphatic rings. The zero-order chi connectivity index (χ0) is 13.7. The smallest absolute Gasteiger partial charge is 0.227 e. The Morgan fingerprint density at radius 2 is 2.26 bits per heavy atom. The number of rotatable bonds is 6. The van der Waals surface area contributed by atoms with Crippen molar-refractivity contribution in [3.8, 4) is 5.75 Å². The number of nitrogens with zero attached hydrogens (tertiary/aromatic N) is 2. The molecule has 2 aromatic rings. The van der Waals surface area contributed by atoms with Gasteiger partial charge >= 0.3 is 0 Å². The standard InChI is InChI=1S/C13H16BrN3O2/c1-9-16-13(19-17-9)5-6-15-8-10-7-11(18-2)3-4-12(10)14/h3-4,7,15H,5-6,8H2,1-2H3. The summed E-state index contributed by atoms with van der Waals surface area (Å²) in [5, 5.41) is 7.09. The van der Waals surface area contributed by atoms with Crippen molar-refractivity contribution in [1.82, 2.24) is 15.5 Å². The number of hydrogen-bond acceptors (Lipinski definition) is 5. The fourth-order valence-electron chi connectivity index (χ4n) is 1.67. The largest absolute Gasteiger partial charge is 0.497 e. The van der Waals surface area contributed by atoms with Gasteiger partial charge in [0.15, 0.2) is 5.82 Å². The maximum atomic E-state index is 5.21. The van der Waals surface area contributed by atoms with Gasteiger partial charge in [0.2, 0.25) is 5.89 Å². The van der Waals surface area contributed by atoms with Crippen molar-refractivity contribution in [1.29, 1.82) is 0 Å². The van der Waals surface area contributed by atoms with Gasteiger partial charge < -0.3 is 14.6 Å². The van der Waals surface area contributed by atoms with E-state index in [1.165, 1.54) is 0 Å². The van der Waals surface area contributed by atoms with Gasteiger partial charge in [0.1, 0.15) is 5.75 Å². The van der Waals surface area contributed by atoms with Gasteiger partial charge in [-0.1, -0.05) is 21.1 Å². The number of aromatic nitrogens is 2. The van der Waals surface area contributed by atoms with Crippen molar-refractivity contribution < 1.29 is 9.26 Å². The Hall–Kier alpha value is -1.40. The summed E-state index contributed by atoms with van der Waals surface area (Å²) in [4.78, 5) is 4.15. The number of methoxy groups -OCH3 is 1. The molecular weight excluding hydrogens is 310 g/mol. The van der Waals surface area contributed by atoms with Crippen LogP contribution in [0.4, 0.5) is 0 Å². The highest BCUT2D eigenvalue weighted by Crippen LogP contribution is 2.22. The molecule has 0 aliphatic heterocycles. The molecule has 0 radical (unpaired) electrons. The quantitative estimate of drug-likeness (QED) is 0.827. The molecule has 5 nitrogen and oxygen atoms in total. The Morgan fingerprint density at radius 3 is 2.95 bits per heavy atom. The highest BCUT2D eigenvalue weighted by atomic mass is 79.9. The predicted octanol–water partition coefficient (Wildman–Crippen LogP) is 2.48. The minimum absolute atomic E-state index is 0.662. The van der Waals surface area contributed by atoms with Crippen LogP contribution in [-0.2, 0) is 13.0 Å². The summed E-state index contributed by atoms with van der Waals surface area (Å²) in [5.74, 6) is 2.19. The van der Waals surface area contributed by atoms with Crippen molar-refractivity contribution >= 4 is 15.9 Å². The van der Waals surface area contributed by atoms with Crippen molar-refractivity contribution in [3.63, 3.8) is 0 Å². The molecule has 102 valence electrons. The minimum Gasteiger partial charge on any atom is -0.497 e. The molecule has 1 aromatic heterocycles. The van der Waals surface area contributed by atoms with E-state index in [0.717, 1.165) is 35.3 Å². The van der Waals surface area contributed by atoms with Crippen molar-refractivity contribution in [2.24, 2.45) is 0 Å². The second-order valence-corrected chi connectivity index (χ2v) is 4.97. The van der Waals surface area contributed by atoms with Gasteiger partial charge in [-0.3, -0.25) is 0 Å². The van der Waals surface area contributed by atoms with Crippen LogP contribution in [0.1, 0.15) is 17.3 Å². The summed E-state index contributed by atoms with van der Waals surface area (Å²) >= 11 is 3.52. The van der Waals surface area contributed by atoms with Crippen LogP contribution in [0.3, 0.4) is 0 Å². The van der Waals surface area contributed by atoms with Crippen LogP contribution in [0.5, 0.6) is 5.75 Å². The number of benzene rings is 1. The highest BCUT2D eigenvalue weighted by Gasteiger charge is 2.04. The van der Waals surface area contributed by atoms with E-state index in [2.05, 4.69) is 31.4 Å². The lowest BCUT2D eigenvalue weighted by molar-refractivity contribution is 0.372. The van der Waals surface area contributed by atoms with Crippen LogP contribution < -0.4 is 10.1 Å². The summed E-state index contributed by atoms with van der Waals surface area (Å²) in [6.45, 7) is 3.35. The van der Waals surface area contributed by atoms with Gasteiger partial charge in [0, 0.05) is 24.0 Å². The lowest BCUT2D eigenvalue weighted by Crippen LogP contribution is -2.17. The molecule has 0 fully saturated rings. The lowest BCUT2D eigenvalue weighted by Gasteiger charge is -2.08. The Kier molecular flexibility index (Phi) is 4.93. The predicted molar refractivity (Wildman–Crippen MR) is 75.1 cm³/mol. The van der Waals surface area contributed by atoms with Crippen molar-refractivity contribution in [3.05, 3.63) is 40.0 Å². The first-order valence-corrected chi connectivity index (χ1v) is 6.80. The van der Waals surface area contributed by atoms with Gasteiger partial charge in [-0.2, -0.15) is 4.98 Å². The SMILES string of the molecule is COc1ccc(Br)c(CNCCc2nc(C)no2)c1. The minimum atomic E-state index is 0.662. The van der Waals surface area contributed by atoms with E-state index in [-0.39, 0.29) is 0 Å².